The molecule has 0 aliphatic carbocycles. The summed E-state index contributed by atoms with van der Waals surface area (Å²) in [4.78, 5) is 26.7. The van der Waals surface area contributed by atoms with Gasteiger partial charge in [0.05, 0.1) is 12.2 Å². The third kappa shape index (κ3) is 5.31. The van der Waals surface area contributed by atoms with Crippen molar-refractivity contribution in [2.24, 2.45) is 5.92 Å². The molecule has 1 aromatic carbocycles. The number of esters is 2. The molecular weight excluding hydrogens is 374 g/mol. The van der Waals surface area contributed by atoms with Crippen LogP contribution in [0.3, 0.4) is 0 Å². The van der Waals surface area contributed by atoms with Gasteiger partial charge in [-0.3, -0.25) is 9.69 Å². The summed E-state index contributed by atoms with van der Waals surface area (Å²) in [5.74, 6) is -1.11. The number of likely N-dealkylation sites (tertiary alicyclic amines) is 1. The first kappa shape index (κ1) is 20.6. The van der Waals surface area contributed by atoms with Crippen molar-refractivity contribution in [3.63, 3.8) is 0 Å². The van der Waals surface area contributed by atoms with Crippen LogP contribution in [0.15, 0.2) is 30.3 Å². The molecule has 0 N–H and O–H groups in total. The average molecular weight is 400 g/mol. The van der Waals surface area contributed by atoms with Crippen LogP contribution in [-0.4, -0.2) is 48.7 Å². The molecular formula is C18H26BrNO4. The highest BCUT2D eigenvalue weighted by Gasteiger charge is 2.38. The van der Waals surface area contributed by atoms with Gasteiger partial charge >= 0.3 is 11.9 Å². The van der Waals surface area contributed by atoms with Crippen LogP contribution in [0.5, 0.6) is 0 Å². The Morgan fingerprint density at radius 2 is 1.92 bits per heavy atom. The van der Waals surface area contributed by atoms with Gasteiger partial charge in [0, 0.05) is 19.1 Å². The Balaban J connectivity index is 0.00000288. The molecule has 134 valence electrons. The lowest BCUT2D eigenvalue weighted by Crippen LogP contribution is -2.50. The van der Waals surface area contributed by atoms with E-state index in [0.29, 0.717) is 31.2 Å². The number of nitrogens with zero attached hydrogens (tertiary/aromatic N) is 1. The zero-order valence-electron chi connectivity index (χ0n) is 14.4. The lowest BCUT2D eigenvalue weighted by molar-refractivity contribution is -0.155. The third-order valence-corrected chi connectivity index (χ3v) is 4.17. The molecule has 2 unspecified atom stereocenters. The van der Waals surface area contributed by atoms with E-state index in [1.165, 1.54) is 0 Å². The Morgan fingerprint density at radius 3 is 2.50 bits per heavy atom. The first-order chi connectivity index (χ1) is 11.0. The van der Waals surface area contributed by atoms with Crippen molar-refractivity contribution >= 4 is 28.9 Å². The van der Waals surface area contributed by atoms with Gasteiger partial charge in [-0.15, -0.1) is 17.0 Å². The molecule has 0 radical (unpaired) electrons. The van der Waals surface area contributed by atoms with Gasteiger partial charge in [-0.2, -0.15) is 0 Å². The maximum atomic E-state index is 12.3. The number of carbonyl (C=O) groups is 2. The largest absolute Gasteiger partial charge is 0.466 e. The van der Waals surface area contributed by atoms with Crippen LogP contribution in [0.25, 0.3) is 0 Å². The smallest absolute Gasteiger partial charge is 0.338 e. The van der Waals surface area contributed by atoms with Gasteiger partial charge in [0.25, 0.3) is 0 Å². The van der Waals surface area contributed by atoms with Crippen LogP contribution in [0, 0.1) is 5.92 Å². The minimum absolute atomic E-state index is 0. The van der Waals surface area contributed by atoms with E-state index >= 15 is 0 Å². The lowest BCUT2D eigenvalue weighted by atomic mass is 9.93. The van der Waals surface area contributed by atoms with Crippen molar-refractivity contribution in [1.29, 1.82) is 0 Å². The summed E-state index contributed by atoms with van der Waals surface area (Å²) >= 11 is 0. The van der Waals surface area contributed by atoms with E-state index in [-0.39, 0.29) is 28.9 Å². The van der Waals surface area contributed by atoms with Gasteiger partial charge in [-0.25, -0.2) is 4.79 Å². The summed E-state index contributed by atoms with van der Waals surface area (Å²) in [6.07, 6.45) is 0.206. The highest BCUT2D eigenvalue weighted by Crippen LogP contribution is 2.24. The maximum Gasteiger partial charge on any atom is 0.338 e. The number of piperidine rings is 1. The molecule has 0 bridgehead atoms. The van der Waals surface area contributed by atoms with Gasteiger partial charge in [0.2, 0.25) is 0 Å². The number of hydrogen-bond donors (Lipinski definition) is 0. The number of hydrogen-bond acceptors (Lipinski definition) is 5. The molecule has 0 amide bonds. The predicted molar refractivity (Wildman–Crippen MR) is 97.4 cm³/mol. The fourth-order valence-electron chi connectivity index (χ4n) is 2.82. The number of ether oxygens (including phenoxy) is 2. The van der Waals surface area contributed by atoms with E-state index in [1.807, 2.05) is 6.07 Å². The van der Waals surface area contributed by atoms with Crippen molar-refractivity contribution in [2.45, 2.75) is 39.3 Å². The maximum absolute atomic E-state index is 12.3. The normalized spacial score (nSPS) is 21.0. The van der Waals surface area contributed by atoms with Gasteiger partial charge in [-0.05, 0) is 39.3 Å². The predicted octanol–water partition coefficient (Wildman–Crippen LogP) is 3.08. The van der Waals surface area contributed by atoms with Crippen molar-refractivity contribution in [1.82, 2.24) is 4.90 Å². The summed E-state index contributed by atoms with van der Waals surface area (Å²) in [7, 11) is 0. The third-order valence-electron chi connectivity index (χ3n) is 4.17. The van der Waals surface area contributed by atoms with Crippen LogP contribution >= 0.6 is 17.0 Å². The molecule has 2 atom stereocenters. The SMILES string of the molecule is Br.CCOC(=O)C1CN(C(C)C)CCC1OC(=O)c1ccccc1. The second-order valence-electron chi connectivity index (χ2n) is 6.05. The quantitative estimate of drug-likeness (QED) is 0.711. The van der Waals surface area contributed by atoms with Crippen molar-refractivity contribution < 1.29 is 19.1 Å². The van der Waals surface area contributed by atoms with E-state index in [2.05, 4.69) is 18.7 Å². The van der Waals surface area contributed by atoms with Gasteiger partial charge in [0.1, 0.15) is 12.0 Å². The number of carbonyl (C=O) groups excluding carboxylic acids is 2. The number of rotatable bonds is 5. The zero-order valence-corrected chi connectivity index (χ0v) is 16.1. The van der Waals surface area contributed by atoms with E-state index in [9.17, 15) is 9.59 Å². The topological polar surface area (TPSA) is 55.8 Å². The highest BCUT2D eigenvalue weighted by atomic mass is 79.9. The molecule has 0 spiro atoms. The van der Waals surface area contributed by atoms with Crippen molar-refractivity contribution in [3.8, 4) is 0 Å². The van der Waals surface area contributed by atoms with Gasteiger partial charge in [-0.1, -0.05) is 18.2 Å². The summed E-state index contributed by atoms with van der Waals surface area (Å²) < 4.78 is 10.8. The summed E-state index contributed by atoms with van der Waals surface area (Å²) in [6.45, 7) is 7.67. The van der Waals surface area contributed by atoms with Crippen LogP contribution in [0.4, 0.5) is 0 Å². The van der Waals surface area contributed by atoms with Crippen LogP contribution in [0.2, 0.25) is 0 Å². The monoisotopic (exact) mass is 399 g/mol. The Hall–Kier alpha value is -1.40. The minimum Gasteiger partial charge on any atom is -0.466 e. The average Bonchev–Trinajstić information content (AvgIpc) is 2.56. The first-order valence-electron chi connectivity index (χ1n) is 8.19. The molecule has 2 rings (SSSR count). The Kier molecular flexibility index (Phi) is 8.42. The molecule has 24 heavy (non-hydrogen) atoms. The summed E-state index contributed by atoms with van der Waals surface area (Å²) in [5.41, 5.74) is 0.501. The van der Waals surface area contributed by atoms with Gasteiger partial charge < -0.3 is 9.47 Å². The molecule has 1 heterocycles. The second kappa shape index (κ2) is 9.79. The molecule has 1 fully saturated rings. The first-order valence-corrected chi connectivity index (χ1v) is 8.19. The molecule has 1 saturated heterocycles. The van der Waals surface area contributed by atoms with Crippen molar-refractivity contribution in [2.75, 3.05) is 19.7 Å². The van der Waals surface area contributed by atoms with Crippen molar-refractivity contribution in [3.05, 3.63) is 35.9 Å². The standard InChI is InChI=1S/C18H25NO4.BrH/c1-4-22-18(21)15-12-19(13(2)3)11-10-16(15)23-17(20)14-8-6-5-7-9-14;/h5-9,13,15-16H,4,10-12H2,1-3H3;1H. The molecule has 5 nitrogen and oxygen atoms in total. The Labute approximate surface area is 154 Å². The minimum atomic E-state index is -0.434. The lowest BCUT2D eigenvalue weighted by Gasteiger charge is -2.38. The Bertz CT molecular complexity index is 535. The van der Waals surface area contributed by atoms with E-state index in [4.69, 9.17) is 9.47 Å². The van der Waals surface area contributed by atoms with Gasteiger partial charge in [0.15, 0.2) is 0 Å². The molecule has 1 aromatic rings. The fourth-order valence-corrected chi connectivity index (χ4v) is 2.82. The van der Waals surface area contributed by atoms with E-state index < -0.39 is 12.0 Å². The molecule has 6 heteroatoms. The van der Waals surface area contributed by atoms with Crippen LogP contribution < -0.4 is 0 Å². The zero-order chi connectivity index (χ0) is 16.8. The number of benzene rings is 1. The summed E-state index contributed by atoms with van der Waals surface area (Å²) in [5, 5.41) is 0. The summed E-state index contributed by atoms with van der Waals surface area (Å²) in [6, 6.07) is 9.20. The van der Waals surface area contributed by atoms with E-state index in [1.54, 1.807) is 31.2 Å². The Morgan fingerprint density at radius 1 is 1.25 bits per heavy atom. The molecule has 1 aliphatic rings. The molecule has 0 saturated carbocycles. The number of halogens is 1. The molecule has 1 aliphatic heterocycles. The fraction of sp³-hybridized carbons (Fsp3) is 0.556. The highest BCUT2D eigenvalue weighted by molar-refractivity contribution is 8.93. The van der Waals surface area contributed by atoms with Crippen LogP contribution in [0.1, 0.15) is 37.6 Å². The molecule has 0 aromatic heterocycles. The van der Waals surface area contributed by atoms with E-state index in [0.717, 1.165) is 6.54 Å². The van der Waals surface area contributed by atoms with Crippen LogP contribution in [-0.2, 0) is 14.3 Å². The second-order valence-corrected chi connectivity index (χ2v) is 6.05.